The lowest BCUT2D eigenvalue weighted by atomic mass is 9.99. The first-order chi connectivity index (χ1) is 12.6. The van der Waals surface area contributed by atoms with E-state index in [9.17, 15) is 14.7 Å². The van der Waals surface area contributed by atoms with E-state index in [-0.39, 0.29) is 42.1 Å². The Hall–Kier alpha value is -2.98. The Morgan fingerprint density at radius 2 is 2.08 bits per heavy atom. The minimum absolute atomic E-state index is 0.00876. The second-order valence-electron chi connectivity index (χ2n) is 6.24. The van der Waals surface area contributed by atoms with Crippen LogP contribution in [0, 0.1) is 11.3 Å². The second kappa shape index (κ2) is 7.93. The summed E-state index contributed by atoms with van der Waals surface area (Å²) in [5, 5.41) is 19.0. The summed E-state index contributed by atoms with van der Waals surface area (Å²) in [4.78, 5) is 30.8. The average Bonchev–Trinajstić information content (AvgIpc) is 2.63. The fraction of sp³-hybridized carbons (Fsp3) is 0.368. The monoisotopic (exact) mass is 353 g/mol. The Morgan fingerprint density at radius 1 is 1.31 bits per heavy atom. The Morgan fingerprint density at radius 3 is 2.81 bits per heavy atom. The molecule has 0 saturated carbocycles. The van der Waals surface area contributed by atoms with Crippen molar-refractivity contribution in [3.05, 3.63) is 41.2 Å². The lowest BCUT2D eigenvalue weighted by molar-refractivity contribution is -0.117. The fourth-order valence-electron chi connectivity index (χ4n) is 3.01. The number of Topliss-reactive ketones (excluding diaryl/α,β-unsaturated/α-hetero) is 1. The van der Waals surface area contributed by atoms with E-state index in [0.29, 0.717) is 43.4 Å². The minimum Gasteiger partial charge on any atom is -0.506 e. The SMILES string of the molecule is N#Cc1cccc(CC(=O)CC2=NC(N3CCOCC3)=CC(=O)C2)c1O. The summed E-state index contributed by atoms with van der Waals surface area (Å²) in [6.45, 7) is 2.50. The topological polar surface area (TPSA) is 103 Å². The molecule has 0 radical (unpaired) electrons. The van der Waals surface area contributed by atoms with Gasteiger partial charge in [0.1, 0.15) is 23.4 Å². The molecule has 134 valence electrons. The molecule has 0 amide bonds. The van der Waals surface area contributed by atoms with Gasteiger partial charge in [0, 0.05) is 49.7 Å². The van der Waals surface area contributed by atoms with Crippen LogP contribution >= 0.6 is 0 Å². The van der Waals surface area contributed by atoms with Crippen LogP contribution in [0.25, 0.3) is 0 Å². The second-order valence-corrected chi connectivity index (χ2v) is 6.24. The van der Waals surface area contributed by atoms with E-state index >= 15 is 0 Å². The van der Waals surface area contributed by atoms with Gasteiger partial charge in [-0.2, -0.15) is 5.26 Å². The van der Waals surface area contributed by atoms with E-state index in [1.54, 1.807) is 12.1 Å². The third-order valence-corrected chi connectivity index (χ3v) is 4.30. The number of nitriles is 1. The first-order valence-electron chi connectivity index (χ1n) is 8.43. The number of hydrogen-bond acceptors (Lipinski definition) is 7. The minimum atomic E-state index is -0.168. The van der Waals surface area contributed by atoms with Gasteiger partial charge in [-0.1, -0.05) is 12.1 Å². The zero-order chi connectivity index (χ0) is 18.5. The number of allylic oxidation sites excluding steroid dienone is 1. The smallest absolute Gasteiger partial charge is 0.164 e. The number of carbonyl (C=O) groups excluding carboxylic acids is 2. The molecule has 1 N–H and O–H groups in total. The number of ketones is 2. The molecular weight excluding hydrogens is 334 g/mol. The average molecular weight is 353 g/mol. The molecule has 2 aliphatic rings. The predicted molar refractivity (Wildman–Crippen MR) is 93.7 cm³/mol. The number of phenols is 1. The molecule has 1 aromatic carbocycles. The van der Waals surface area contributed by atoms with Crippen molar-refractivity contribution in [2.75, 3.05) is 26.3 Å². The van der Waals surface area contributed by atoms with Gasteiger partial charge in [0.25, 0.3) is 0 Å². The van der Waals surface area contributed by atoms with Crippen molar-refractivity contribution >= 4 is 17.3 Å². The number of ether oxygens (including phenoxy) is 1. The molecule has 1 saturated heterocycles. The Labute approximate surface area is 151 Å². The van der Waals surface area contributed by atoms with E-state index in [1.807, 2.05) is 11.0 Å². The van der Waals surface area contributed by atoms with Crippen molar-refractivity contribution in [2.45, 2.75) is 19.3 Å². The number of aliphatic imine (C=N–C) groups is 1. The first-order valence-corrected chi connectivity index (χ1v) is 8.43. The van der Waals surface area contributed by atoms with Gasteiger partial charge in [0.05, 0.1) is 18.8 Å². The molecule has 0 unspecified atom stereocenters. The highest BCUT2D eigenvalue weighted by atomic mass is 16.5. The molecule has 2 heterocycles. The van der Waals surface area contributed by atoms with Crippen molar-refractivity contribution in [1.82, 2.24) is 4.90 Å². The summed E-state index contributed by atoms with van der Waals surface area (Å²) in [5.41, 5.74) is 1.07. The molecule has 7 heteroatoms. The van der Waals surface area contributed by atoms with Gasteiger partial charge in [-0.3, -0.25) is 9.59 Å². The fourth-order valence-corrected chi connectivity index (χ4v) is 3.01. The summed E-state index contributed by atoms with van der Waals surface area (Å²) < 4.78 is 5.30. The Bertz CT molecular complexity index is 830. The number of benzene rings is 1. The molecule has 7 nitrogen and oxygen atoms in total. The van der Waals surface area contributed by atoms with Crippen LogP contribution in [-0.4, -0.2) is 53.6 Å². The van der Waals surface area contributed by atoms with E-state index in [2.05, 4.69) is 4.99 Å². The van der Waals surface area contributed by atoms with Crippen molar-refractivity contribution in [3.8, 4) is 11.8 Å². The van der Waals surface area contributed by atoms with Crippen molar-refractivity contribution in [2.24, 2.45) is 4.99 Å². The molecule has 0 atom stereocenters. The zero-order valence-electron chi connectivity index (χ0n) is 14.3. The maximum absolute atomic E-state index is 12.4. The molecule has 1 aromatic rings. The van der Waals surface area contributed by atoms with Gasteiger partial charge in [-0.25, -0.2) is 4.99 Å². The zero-order valence-corrected chi connectivity index (χ0v) is 14.3. The number of hydrogen-bond donors (Lipinski definition) is 1. The predicted octanol–water partition coefficient (Wildman–Crippen LogP) is 1.35. The first kappa shape index (κ1) is 17.8. The van der Waals surface area contributed by atoms with Gasteiger partial charge in [-0.05, 0) is 6.07 Å². The lowest BCUT2D eigenvalue weighted by Crippen LogP contribution is -2.36. The highest BCUT2D eigenvalue weighted by Gasteiger charge is 2.22. The van der Waals surface area contributed by atoms with Crippen molar-refractivity contribution in [1.29, 1.82) is 5.26 Å². The van der Waals surface area contributed by atoms with Crippen LogP contribution in [0.4, 0.5) is 0 Å². The molecule has 0 aromatic heterocycles. The highest BCUT2D eigenvalue weighted by Crippen LogP contribution is 2.23. The van der Waals surface area contributed by atoms with Crippen molar-refractivity contribution in [3.63, 3.8) is 0 Å². The quantitative estimate of drug-likeness (QED) is 0.857. The summed E-state index contributed by atoms with van der Waals surface area (Å²) >= 11 is 0. The molecule has 26 heavy (non-hydrogen) atoms. The van der Waals surface area contributed by atoms with Crippen LogP contribution < -0.4 is 0 Å². The highest BCUT2D eigenvalue weighted by molar-refractivity contribution is 6.14. The van der Waals surface area contributed by atoms with Crippen molar-refractivity contribution < 1.29 is 19.4 Å². The molecule has 0 bridgehead atoms. The number of nitrogens with zero attached hydrogens (tertiary/aromatic N) is 3. The Kier molecular flexibility index (Phi) is 5.44. The van der Waals surface area contributed by atoms with Crippen LogP contribution in [0.1, 0.15) is 24.0 Å². The van der Waals surface area contributed by atoms with Crippen LogP contribution in [0.15, 0.2) is 35.1 Å². The standard InChI is InChI=1S/C19H19N3O4/c20-12-14-3-1-2-13(19(14)25)8-16(23)9-15-10-17(24)11-18(21-15)22-4-6-26-7-5-22/h1-3,11,25H,4-10H2. The van der Waals surface area contributed by atoms with E-state index in [4.69, 9.17) is 10.00 Å². The number of morpholine rings is 1. The van der Waals surface area contributed by atoms with Crippen LogP contribution in [0.3, 0.4) is 0 Å². The normalized spacial score (nSPS) is 17.3. The summed E-state index contributed by atoms with van der Waals surface area (Å²) in [6.07, 6.45) is 1.68. The van der Waals surface area contributed by atoms with Gasteiger partial charge >= 0.3 is 0 Å². The summed E-state index contributed by atoms with van der Waals surface area (Å²) in [6, 6.07) is 6.62. The van der Waals surface area contributed by atoms with E-state index in [1.165, 1.54) is 12.1 Å². The van der Waals surface area contributed by atoms with Gasteiger partial charge < -0.3 is 14.7 Å². The third kappa shape index (κ3) is 4.16. The summed E-state index contributed by atoms with van der Waals surface area (Å²) in [7, 11) is 0. The number of para-hydroxylation sites is 1. The molecule has 0 aliphatic carbocycles. The molecule has 3 rings (SSSR count). The number of phenolic OH excluding ortho intramolecular Hbond substituents is 1. The maximum Gasteiger partial charge on any atom is 0.164 e. The molecule has 0 spiro atoms. The number of carbonyl (C=O) groups is 2. The molecular formula is C19H19N3O4. The Balaban J connectivity index is 1.69. The number of rotatable bonds is 5. The maximum atomic E-state index is 12.4. The number of aromatic hydroxyl groups is 1. The van der Waals surface area contributed by atoms with Gasteiger partial charge in [-0.15, -0.1) is 0 Å². The lowest BCUT2D eigenvalue weighted by Gasteiger charge is -2.30. The van der Waals surface area contributed by atoms with Gasteiger partial charge in [0.2, 0.25) is 0 Å². The molecule has 1 fully saturated rings. The van der Waals surface area contributed by atoms with Crippen LogP contribution in [0.2, 0.25) is 0 Å². The summed E-state index contributed by atoms with van der Waals surface area (Å²) in [5.74, 6) is 0.185. The third-order valence-electron chi connectivity index (χ3n) is 4.30. The molecule has 2 aliphatic heterocycles. The van der Waals surface area contributed by atoms with Crippen LogP contribution in [0.5, 0.6) is 5.75 Å². The van der Waals surface area contributed by atoms with E-state index < -0.39 is 0 Å². The van der Waals surface area contributed by atoms with E-state index in [0.717, 1.165) is 0 Å². The van der Waals surface area contributed by atoms with Crippen LogP contribution in [-0.2, 0) is 20.7 Å². The van der Waals surface area contributed by atoms with Gasteiger partial charge in [0.15, 0.2) is 5.78 Å². The largest absolute Gasteiger partial charge is 0.506 e.